The Morgan fingerprint density at radius 1 is 1.06 bits per heavy atom. The van der Waals surface area contributed by atoms with Gasteiger partial charge >= 0.3 is 0 Å². The molecule has 2 heterocycles. The minimum atomic E-state index is 0.0765. The van der Waals surface area contributed by atoms with Crippen LogP contribution in [0, 0.1) is 0 Å². The first kappa shape index (κ1) is 21.6. The molecule has 0 amide bonds. The van der Waals surface area contributed by atoms with Gasteiger partial charge in [0, 0.05) is 17.9 Å². The Hall–Kier alpha value is -3.26. The van der Waals surface area contributed by atoms with E-state index in [0.717, 1.165) is 34.8 Å². The van der Waals surface area contributed by atoms with Gasteiger partial charge in [-0.2, -0.15) is 10.3 Å². The molecule has 0 radical (unpaired) electrons. The topological polar surface area (TPSA) is 85.2 Å². The third-order valence-corrected chi connectivity index (χ3v) is 6.80. The second-order valence-electron chi connectivity index (χ2n) is 8.70. The summed E-state index contributed by atoms with van der Waals surface area (Å²) in [6, 6.07) is 17.2. The highest BCUT2D eigenvalue weighted by Gasteiger charge is 2.22. The fraction of sp³-hybridized carbons (Fsp3) is 0.360. The second-order valence-corrected chi connectivity index (χ2v) is 8.97. The number of nitrogens with zero attached hydrogens (tertiary/aromatic N) is 6. The van der Waals surface area contributed by atoms with E-state index in [9.17, 15) is 0 Å². The fourth-order valence-electron chi connectivity index (χ4n) is 4.56. The van der Waals surface area contributed by atoms with Gasteiger partial charge in [0.2, 0.25) is 5.82 Å². The van der Waals surface area contributed by atoms with Gasteiger partial charge in [-0.15, -0.1) is 10.2 Å². The number of aromatic nitrogens is 7. The van der Waals surface area contributed by atoms with Crippen LogP contribution in [0.5, 0.6) is 0 Å². The zero-order chi connectivity index (χ0) is 22.6. The summed E-state index contributed by atoms with van der Waals surface area (Å²) in [6.07, 6.45) is 6.94. The van der Waals surface area contributed by atoms with Gasteiger partial charge in [-0.3, -0.25) is 0 Å². The SMILES string of the molecule is CC(C=S)c1nc(Cc2ccc(-c3ccccc3-c3nn[nH]n3)cc2)n(C2CCCCC2)n1. The van der Waals surface area contributed by atoms with Crippen LogP contribution in [0.1, 0.15) is 68.2 Å². The number of hydrogen-bond acceptors (Lipinski definition) is 6. The molecule has 1 fully saturated rings. The fourth-order valence-corrected chi connectivity index (χ4v) is 4.68. The summed E-state index contributed by atoms with van der Waals surface area (Å²) in [4.78, 5) is 4.91. The lowest BCUT2D eigenvalue weighted by Gasteiger charge is -2.23. The second kappa shape index (κ2) is 9.70. The maximum atomic E-state index is 5.17. The van der Waals surface area contributed by atoms with Crippen LogP contribution in [0.3, 0.4) is 0 Å². The van der Waals surface area contributed by atoms with Crippen molar-refractivity contribution in [3.8, 4) is 22.5 Å². The molecule has 168 valence electrons. The molecule has 1 aliphatic rings. The van der Waals surface area contributed by atoms with Crippen LogP contribution in [0.4, 0.5) is 0 Å². The highest BCUT2D eigenvalue weighted by atomic mass is 32.1. The van der Waals surface area contributed by atoms with Crippen molar-refractivity contribution in [2.24, 2.45) is 0 Å². The molecule has 0 saturated heterocycles. The van der Waals surface area contributed by atoms with E-state index in [2.05, 4.69) is 62.6 Å². The van der Waals surface area contributed by atoms with E-state index in [4.69, 9.17) is 22.3 Å². The number of rotatable bonds is 7. The average Bonchev–Trinajstić information content (AvgIpc) is 3.55. The summed E-state index contributed by atoms with van der Waals surface area (Å²) in [5.74, 6) is 2.53. The summed E-state index contributed by atoms with van der Waals surface area (Å²) in [5, 5.41) is 21.2. The van der Waals surface area contributed by atoms with Crippen LogP contribution in [-0.2, 0) is 6.42 Å². The highest BCUT2D eigenvalue weighted by Crippen LogP contribution is 2.31. The summed E-state index contributed by atoms with van der Waals surface area (Å²) in [5.41, 5.74) is 4.35. The van der Waals surface area contributed by atoms with Crippen LogP contribution in [0.2, 0.25) is 0 Å². The maximum Gasteiger partial charge on any atom is 0.205 e. The van der Waals surface area contributed by atoms with Crippen molar-refractivity contribution >= 4 is 17.6 Å². The Morgan fingerprint density at radius 3 is 2.52 bits per heavy atom. The summed E-state index contributed by atoms with van der Waals surface area (Å²) < 4.78 is 2.18. The molecule has 1 atom stereocenters. The molecule has 4 aromatic rings. The third kappa shape index (κ3) is 4.61. The lowest BCUT2D eigenvalue weighted by Crippen LogP contribution is -2.17. The predicted molar refractivity (Wildman–Crippen MR) is 132 cm³/mol. The summed E-state index contributed by atoms with van der Waals surface area (Å²) >= 11 is 5.17. The smallest absolute Gasteiger partial charge is 0.205 e. The Bertz CT molecular complexity index is 1210. The van der Waals surface area contributed by atoms with Crippen molar-refractivity contribution in [3.63, 3.8) is 0 Å². The zero-order valence-electron chi connectivity index (χ0n) is 18.7. The number of tetrazole rings is 1. The largest absolute Gasteiger partial charge is 0.246 e. The number of H-pyrrole nitrogens is 1. The number of hydrogen-bond donors (Lipinski definition) is 1. The first-order valence-electron chi connectivity index (χ1n) is 11.6. The van der Waals surface area contributed by atoms with Gasteiger partial charge in [-0.1, -0.05) is 86.9 Å². The van der Waals surface area contributed by atoms with Crippen molar-refractivity contribution in [2.45, 2.75) is 57.4 Å². The minimum absolute atomic E-state index is 0.0765. The van der Waals surface area contributed by atoms with Crippen LogP contribution in [-0.4, -0.2) is 40.8 Å². The van der Waals surface area contributed by atoms with Crippen molar-refractivity contribution in [1.82, 2.24) is 35.4 Å². The first-order valence-corrected chi connectivity index (χ1v) is 12.0. The van der Waals surface area contributed by atoms with E-state index in [1.54, 1.807) is 5.37 Å². The standard InChI is InChI=1S/C25H27N7S/c1-17(16-33)24-26-23(32(29-24)20-7-3-2-4-8-20)15-18-11-13-19(14-12-18)21-9-5-6-10-22(21)25-27-30-31-28-25/h5-6,9-14,16-17,20H,2-4,7-8,15H2,1H3,(H,27,28,30,31). The Labute approximate surface area is 198 Å². The van der Waals surface area contributed by atoms with Crippen LogP contribution in [0.15, 0.2) is 48.5 Å². The average molecular weight is 458 g/mol. The molecular formula is C25H27N7S. The van der Waals surface area contributed by atoms with E-state index in [1.807, 2.05) is 18.2 Å². The molecule has 7 nitrogen and oxygen atoms in total. The van der Waals surface area contributed by atoms with Crippen LogP contribution in [0.25, 0.3) is 22.5 Å². The molecule has 1 saturated carbocycles. The number of aromatic amines is 1. The maximum absolute atomic E-state index is 5.17. The monoisotopic (exact) mass is 457 g/mol. The molecule has 1 unspecified atom stereocenters. The number of benzene rings is 2. The highest BCUT2D eigenvalue weighted by molar-refractivity contribution is 7.79. The van der Waals surface area contributed by atoms with Crippen molar-refractivity contribution < 1.29 is 0 Å². The van der Waals surface area contributed by atoms with E-state index in [1.165, 1.54) is 37.7 Å². The van der Waals surface area contributed by atoms with Crippen molar-refractivity contribution in [2.75, 3.05) is 0 Å². The van der Waals surface area contributed by atoms with E-state index in [0.29, 0.717) is 11.9 Å². The molecule has 0 aliphatic heterocycles. The van der Waals surface area contributed by atoms with E-state index in [-0.39, 0.29) is 5.92 Å². The lowest BCUT2D eigenvalue weighted by atomic mass is 9.95. The quantitative estimate of drug-likeness (QED) is 0.378. The molecule has 0 spiro atoms. The van der Waals surface area contributed by atoms with E-state index >= 15 is 0 Å². The summed E-state index contributed by atoms with van der Waals surface area (Å²) in [6.45, 7) is 2.06. The van der Waals surface area contributed by atoms with Crippen LogP contribution >= 0.6 is 12.2 Å². The predicted octanol–water partition coefficient (Wildman–Crippen LogP) is 5.32. The number of thiocarbonyl (C=S) groups is 1. The molecule has 0 bridgehead atoms. The molecular weight excluding hydrogens is 430 g/mol. The van der Waals surface area contributed by atoms with Gasteiger partial charge in [0.25, 0.3) is 0 Å². The molecule has 2 aromatic carbocycles. The molecule has 8 heteroatoms. The molecule has 2 aromatic heterocycles. The van der Waals surface area contributed by atoms with Crippen molar-refractivity contribution in [3.05, 3.63) is 65.7 Å². The van der Waals surface area contributed by atoms with Gasteiger partial charge < -0.3 is 0 Å². The molecule has 1 N–H and O–H groups in total. The molecule has 5 rings (SSSR count). The van der Waals surface area contributed by atoms with Crippen LogP contribution < -0.4 is 0 Å². The normalized spacial score (nSPS) is 15.4. The zero-order valence-corrected chi connectivity index (χ0v) is 19.5. The van der Waals surface area contributed by atoms with Gasteiger partial charge in [-0.25, -0.2) is 9.67 Å². The van der Waals surface area contributed by atoms with Crippen molar-refractivity contribution in [1.29, 1.82) is 0 Å². The Kier molecular flexibility index (Phi) is 6.35. The van der Waals surface area contributed by atoms with Gasteiger partial charge in [0.05, 0.1) is 6.04 Å². The lowest BCUT2D eigenvalue weighted by molar-refractivity contribution is 0.321. The minimum Gasteiger partial charge on any atom is -0.246 e. The Morgan fingerprint density at radius 2 is 1.82 bits per heavy atom. The summed E-state index contributed by atoms with van der Waals surface area (Å²) in [7, 11) is 0. The molecule has 1 aliphatic carbocycles. The van der Waals surface area contributed by atoms with Gasteiger partial charge in [0.1, 0.15) is 5.82 Å². The molecule has 33 heavy (non-hydrogen) atoms. The van der Waals surface area contributed by atoms with E-state index < -0.39 is 0 Å². The first-order chi connectivity index (χ1) is 16.2. The Balaban J connectivity index is 1.42. The van der Waals surface area contributed by atoms with Gasteiger partial charge in [0.15, 0.2) is 5.82 Å². The third-order valence-electron chi connectivity index (χ3n) is 6.39. The number of nitrogens with one attached hydrogen (secondary N) is 1. The van der Waals surface area contributed by atoms with Gasteiger partial charge in [-0.05, 0) is 40.1 Å².